The molecule has 0 saturated heterocycles. The number of hydrogen-bond donors (Lipinski definition) is 2. The van der Waals surface area contributed by atoms with Crippen LogP contribution in [0.4, 0.5) is 5.69 Å². The maximum Gasteiger partial charge on any atom is 0.254 e. The van der Waals surface area contributed by atoms with E-state index in [9.17, 15) is 4.79 Å². The normalized spacial score (nSPS) is 20.8. The van der Waals surface area contributed by atoms with E-state index >= 15 is 0 Å². The van der Waals surface area contributed by atoms with E-state index in [1.165, 1.54) is 11.3 Å². The molecule has 4 nitrogen and oxygen atoms in total. The summed E-state index contributed by atoms with van der Waals surface area (Å²) in [5, 5.41) is 6.65. The Kier molecular flexibility index (Phi) is 3.15. The predicted molar refractivity (Wildman–Crippen MR) is 103 cm³/mol. The van der Waals surface area contributed by atoms with Crippen LogP contribution in [0.2, 0.25) is 0 Å². The summed E-state index contributed by atoms with van der Waals surface area (Å²) in [4.78, 5) is 13.2. The predicted octanol–water partition coefficient (Wildman–Crippen LogP) is 3.44. The molecule has 1 unspecified atom stereocenters. The van der Waals surface area contributed by atoms with Crippen molar-refractivity contribution < 1.29 is 4.79 Å². The Labute approximate surface area is 152 Å². The summed E-state index contributed by atoms with van der Waals surface area (Å²) in [5.74, 6) is 0.0213. The molecule has 2 aliphatic rings. The van der Waals surface area contributed by atoms with Gasteiger partial charge in [-0.25, -0.2) is 0 Å². The minimum Gasteiger partial charge on any atom is -0.324 e. The van der Waals surface area contributed by atoms with Crippen LogP contribution in [0.1, 0.15) is 28.1 Å². The highest BCUT2D eigenvalue weighted by Crippen LogP contribution is 2.46. The Morgan fingerprint density at radius 1 is 0.962 bits per heavy atom. The van der Waals surface area contributed by atoms with Crippen LogP contribution < -0.4 is 10.6 Å². The summed E-state index contributed by atoms with van der Waals surface area (Å²) in [6.45, 7) is 5.08. The molecular formula is C22H21N3O. The van der Waals surface area contributed by atoms with Crippen molar-refractivity contribution in [2.75, 3.05) is 11.9 Å². The van der Waals surface area contributed by atoms with E-state index in [2.05, 4.69) is 59.4 Å². The second-order valence-electron chi connectivity index (χ2n) is 7.12. The van der Waals surface area contributed by atoms with Crippen molar-refractivity contribution in [3.8, 4) is 5.69 Å². The summed E-state index contributed by atoms with van der Waals surface area (Å²) in [7, 11) is 0. The van der Waals surface area contributed by atoms with Crippen molar-refractivity contribution in [3.63, 3.8) is 0 Å². The molecule has 1 amide bonds. The molecule has 2 aromatic carbocycles. The number of nitrogens with one attached hydrogen (secondary N) is 2. The van der Waals surface area contributed by atoms with Gasteiger partial charge in [0.1, 0.15) is 0 Å². The molecule has 26 heavy (non-hydrogen) atoms. The number of nitrogens with zero attached hydrogens (tertiary/aromatic N) is 1. The first-order valence-electron chi connectivity index (χ1n) is 9.07. The second-order valence-corrected chi connectivity index (χ2v) is 7.12. The van der Waals surface area contributed by atoms with E-state index in [-0.39, 0.29) is 5.91 Å². The maximum absolute atomic E-state index is 13.2. The van der Waals surface area contributed by atoms with Crippen LogP contribution in [0.5, 0.6) is 0 Å². The third-order valence-corrected chi connectivity index (χ3v) is 5.85. The van der Waals surface area contributed by atoms with E-state index in [4.69, 9.17) is 0 Å². The van der Waals surface area contributed by atoms with Gasteiger partial charge in [-0.1, -0.05) is 36.4 Å². The number of aromatic nitrogens is 1. The third-order valence-electron chi connectivity index (χ3n) is 5.85. The molecule has 5 rings (SSSR count). The quantitative estimate of drug-likeness (QED) is 0.711. The van der Waals surface area contributed by atoms with Crippen molar-refractivity contribution in [2.24, 2.45) is 0 Å². The molecule has 0 radical (unpaired) electrons. The number of fused-ring (bicyclic) bond motifs is 4. The summed E-state index contributed by atoms with van der Waals surface area (Å²) >= 11 is 0. The zero-order chi connectivity index (χ0) is 17.9. The lowest BCUT2D eigenvalue weighted by atomic mass is 9.78. The smallest absolute Gasteiger partial charge is 0.254 e. The van der Waals surface area contributed by atoms with Gasteiger partial charge in [0.2, 0.25) is 0 Å². The molecule has 0 aliphatic carbocycles. The van der Waals surface area contributed by atoms with Crippen molar-refractivity contribution in [2.45, 2.75) is 25.8 Å². The average molecular weight is 343 g/mol. The van der Waals surface area contributed by atoms with Gasteiger partial charge in [-0.05, 0) is 44.0 Å². The van der Waals surface area contributed by atoms with Crippen LogP contribution in [0.15, 0.2) is 54.6 Å². The van der Waals surface area contributed by atoms with Crippen LogP contribution >= 0.6 is 0 Å². The minimum absolute atomic E-state index is 0.0213. The molecule has 3 aromatic rings. The Bertz CT molecular complexity index is 1040. The maximum atomic E-state index is 13.2. The van der Waals surface area contributed by atoms with Crippen LogP contribution in [0, 0.1) is 13.8 Å². The zero-order valence-electron chi connectivity index (χ0n) is 15.0. The van der Waals surface area contributed by atoms with Crippen molar-refractivity contribution in [1.82, 2.24) is 9.88 Å². The number of anilines is 1. The van der Waals surface area contributed by atoms with Gasteiger partial charge in [0.15, 0.2) is 5.54 Å². The number of amides is 1. The highest BCUT2D eigenvalue weighted by Gasteiger charge is 2.52. The zero-order valence-corrected chi connectivity index (χ0v) is 15.0. The fraction of sp³-hybridized carbons (Fsp3) is 0.227. The van der Waals surface area contributed by atoms with Crippen LogP contribution in [0.3, 0.4) is 0 Å². The Morgan fingerprint density at radius 3 is 2.50 bits per heavy atom. The van der Waals surface area contributed by atoms with Crippen LogP contribution in [-0.2, 0) is 16.8 Å². The monoisotopic (exact) mass is 343 g/mol. The lowest BCUT2D eigenvalue weighted by molar-refractivity contribution is -0.120. The number of carbonyl (C=O) groups is 1. The standard InChI is InChI=1S/C22H21N3O/c1-14-17-12-13-23-22(18-10-6-7-11-19(18)24-21(22)26)20(17)15(2)25(14)16-8-4-3-5-9-16/h3-11,23H,12-13H2,1-2H3,(H,24,26). The summed E-state index contributed by atoms with van der Waals surface area (Å²) < 4.78 is 2.29. The number of rotatable bonds is 1. The number of benzene rings is 2. The van der Waals surface area contributed by atoms with E-state index in [0.29, 0.717) is 0 Å². The fourth-order valence-corrected chi connectivity index (χ4v) is 4.81. The van der Waals surface area contributed by atoms with Gasteiger partial charge in [0.25, 0.3) is 5.91 Å². The molecule has 2 N–H and O–H groups in total. The van der Waals surface area contributed by atoms with Gasteiger partial charge >= 0.3 is 0 Å². The minimum atomic E-state index is -0.793. The van der Waals surface area contributed by atoms with E-state index in [0.717, 1.165) is 41.2 Å². The average Bonchev–Trinajstić information content (AvgIpc) is 3.09. The molecule has 1 aromatic heterocycles. The third kappa shape index (κ3) is 1.80. The largest absolute Gasteiger partial charge is 0.324 e. The SMILES string of the molecule is Cc1c2c(c(C)n1-c1ccccc1)C1(NCC2)C(=O)Nc2ccccc21. The van der Waals surface area contributed by atoms with E-state index in [1.807, 2.05) is 24.3 Å². The summed E-state index contributed by atoms with van der Waals surface area (Å²) in [6.07, 6.45) is 0.930. The summed E-state index contributed by atoms with van der Waals surface area (Å²) in [6, 6.07) is 18.4. The topological polar surface area (TPSA) is 46.1 Å². The Morgan fingerprint density at radius 2 is 1.69 bits per heavy atom. The number of carbonyl (C=O) groups excluding carboxylic acids is 1. The first kappa shape index (κ1) is 15.4. The lowest BCUT2D eigenvalue weighted by Crippen LogP contribution is -2.53. The first-order chi connectivity index (χ1) is 12.6. The number of hydrogen-bond acceptors (Lipinski definition) is 2. The van der Waals surface area contributed by atoms with Crippen LogP contribution in [-0.4, -0.2) is 17.0 Å². The van der Waals surface area contributed by atoms with Gasteiger partial charge in [-0.3, -0.25) is 10.1 Å². The highest BCUT2D eigenvalue weighted by atomic mass is 16.2. The molecular weight excluding hydrogens is 322 g/mol. The van der Waals surface area contributed by atoms with Crippen molar-refractivity contribution in [3.05, 3.63) is 82.7 Å². The highest BCUT2D eigenvalue weighted by molar-refractivity contribution is 6.09. The summed E-state index contributed by atoms with van der Waals surface area (Å²) in [5.41, 5.74) is 7.04. The molecule has 2 aliphatic heterocycles. The van der Waals surface area contributed by atoms with Crippen LogP contribution in [0.25, 0.3) is 5.69 Å². The van der Waals surface area contributed by atoms with E-state index in [1.54, 1.807) is 0 Å². The second kappa shape index (κ2) is 5.32. The van der Waals surface area contributed by atoms with Crippen molar-refractivity contribution >= 4 is 11.6 Å². The van der Waals surface area contributed by atoms with Crippen molar-refractivity contribution in [1.29, 1.82) is 0 Å². The number of para-hydroxylation sites is 2. The van der Waals surface area contributed by atoms with Gasteiger partial charge in [-0.2, -0.15) is 0 Å². The van der Waals surface area contributed by atoms with Gasteiger partial charge < -0.3 is 9.88 Å². The molecule has 1 atom stereocenters. The molecule has 3 heterocycles. The first-order valence-corrected chi connectivity index (χ1v) is 9.07. The molecule has 0 bridgehead atoms. The van der Waals surface area contributed by atoms with Gasteiger partial charge in [0.05, 0.1) is 0 Å². The molecule has 130 valence electrons. The van der Waals surface area contributed by atoms with E-state index < -0.39 is 5.54 Å². The molecule has 0 saturated carbocycles. The Hall–Kier alpha value is -2.85. The molecule has 0 fully saturated rings. The Balaban J connectivity index is 1.83. The lowest BCUT2D eigenvalue weighted by Gasteiger charge is -2.34. The molecule has 4 heteroatoms. The van der Waals surface area contributed by atoms with Gasteiger partial charge in [0, 0.05) is 40.4 Å². The molecule has 1 spiro atoms. The van der Waals surface area contributed by atoms with Gasteiger partial charge in [-0.15, -0.1) is 0 Å². The fourth-order valence-electron chi connectivity index (χ4n) is 4.81.